The van der Waals surface area contributed by atoms with Gasteiger partial charge in [0.2, 0.25) is 0 Å². The van der Waals surface area contributed by atoms with Crippen LogP contribution >= 0.6 is 0 Å². The lowest BCUT2D eigenvalue weighted by Gasteiger charge is -2.17. The maximum Gasteiger partial charge on any atom is 0.338 e. The molecule has 128 valence electrons. The first-order chi connectivity index (χ1) is 11.3. The molecule has 0 aliphatic heterocycles. The van der Waals surface area contributed by atoms with Crippen molar-refractivity contribution in [1.82, 2.24) is 14.5 Å². The molecule has 1 atom stereocenters. The van der Waals surface area contributed by atoms with Crippen molar-refractivity contribution in [3.63, 3.8) is 0 Å². The monoisotopic (exact) mass is 331 g/mol. The highest BCUT2D eigenvalue weighted by molar-refractivity contribution is 5.95. The van der Waals surface area contributed by atoms with Crippen LogP contribution in [0.1, 0.15) is 29.9 Å². The van der Waals surface area contributed by atoms with Gasteiger partial charge >= 0.3 is 5.97 Å². The van der Waals surface area contributed by atoms with Gasteiger partial charge in [-0.1, -0.05) is 0 Å². The number of benzene rings is 1. The average molecular weight is 331 g/mol. The third-order valence-electron chi connectivity index (χ3n) is 3.73. The maximum absolute atomic E-state index is 12.2. The number of amides is 1. The number of hydrogen-bond donors (Lipinski definition) is 0. The number of likely N-dealkylation sites (N-methyl/N-ethyl adjacent to an activating group) is 1. The molecule has 1 amide bonds. The molecule has 0 saturated carbocycles. The van der Waals surface area contributed by atoms with Crippen LogP contribution in [-0.4, -0.2) is 46.5 Å². The average Bonchev–Trinajstić information content (AvgIpc) is 2.54. The molecule has 2 aromatic rings. The molecule has 0 saturated heterocycles. The lowest BCUT2D eigenvalue weighted by Crippen LogP contribution is -2.34. The van der Waals surface area contributed by atoms with Gasteiger partial charge in [0.15, 0.2) is 6.10 Å². The van der Waals surface area contributed by atoms with Crippen molar-refractivity contribution >= 4 is 22.9 Å². The fourth-order valence-electron chi connectivity index (χ4n) is 2.46. The van der Waals surface area contributed by atoms with Gasteiger partial charge in [-0.05, 0) is 39.0 Å². The summed E-state index contributed by atoms with van der Waals surface area (Å²) < 4.78 is 6.79. The first-order valence-electron chi connectivity index (χ1n) is 7.69. The minimum absolute atomic E-state index is 0.148. The van der Waals surface area contributed by atoms with Crippen LogP contribution in [0.4, 0.5) is 0 Å². The summed E-state index contributed by atoms with van der Waals surface area (Å²) in [7, 11) is 3.19. The van der Waals surface area contributed by atoms with E-state index in [0.717, 1.165) is 0 Å². The molecule has 0 bridgehead atoms. The predicted molar refractivity (Wildman–Crippen MR) is 90.0 cm³/mol. The van der Waals surface area contributed by atoms with Gasteiger partial charge in [0.1, 0.15) is 5.69 Å². The smallest absolute Gasteiger partial charge is 0.338 e. The normalized spacial score (nSPS) is 12.0. The standard InChI is InChI=1S/C17H21N3O4/c1-6-20-14-8-7-12(9-13(14)18-10(2)15(20)21)17(23)24-11(3)16(22)19(4)5/h7-9,11H,6H2,1-5H3/t11-/m0/s1. The second-order valence-electron chi connectivity index (χ2n) is 5.73. The Balaban J connectivity index is 2.37. The summed E-state index contributed by atoms with van der Waals surface area (Å²) in [4.78, 5) is 41.7. The van der Waals surface area contributed by atoms with E-state index in [1.54, 1.807) is 43.8 Å². The Morgan fingerprint density at radius 1 is 1.33 bits per heavy atom. The number of carbonyl (C=O) groups is 2. The summed E-state index contributed by atoms with van der Waals surface area (Å²) in [5.74, 6) is -0.897. The molecule has 0 spiro atoms. The van der Waals surface area contributed by atoms with Crippen molar-refractivity contribution in [2.24, 2.45) is 0 Å². The lowest BCUT2D eigenvalue weighted by molar-refractivity contribution is -0.137. The Morgan fingerprint density at radius 2 is 2.00 bits per heavy atom. The summed E-state index contributed by atoms with van der Waals surface area (Å²) in [5, 5.41) is 0. The fourth-order valence-corrected chi connectivity index (χ4v) is 2.46. The second-order valence-corrected chi connectivity index (χ2v) is 5.73. The van der Waals surface area contributed by atoms with Crippen molar-refractivity contribution in [3.8, 4) is 0 Å². The minimum Gasteiger partial charge on any atom is -0.449 e. The summed E-state index contributed by atoms with van der Waals surface area (Å²) >= 11 is 0. The van der Waals surface area contributed by atoms with Gasteiger partial charge in [-0.2, -0.15) is 0 Å². The van der Waals surface area contributed by atoms with Crippen LogP contribution in [0.25, 0.3) is 11.0 Å². The van der Waals surface area contributed by atoms with Crippen LogP contribution in [0.5, 0.6) is 0 Å². The molecular formula is C17H21N3O4. The lowest BCUT2D eigenvalue weighted by atomic mass is 10.2. The maximum atomic E-state index is 12.2. The number of fused-ring (bicyclic) bond motifs is 1. The van der Waals surface area contributed by atoms with E-state index in [1.807, 2.05) is 6.92 Å². The van der Waals surface area contributed by atoms with Crippen LogP contribution in [0.3, 0.4) is 0 Å². The molecular weight excluding hydrogens is 310 g/mol. The van der Waals surface area contributed by atoms with Gasteiger partial charge in [0.05, 0.1) is 16.6 Å². The zero-order valence-electron chi connectivity index (χ0n) is 14.5. The van der Waals surface area contributed by atoms with Crippen LogP contribution in [0.15, 0.2) is 23.0 Å². The molecule has 1 aromatic heterocycles. The number of carbonyl (C=O) groups excluding carboxylic acids is 2. The molecule has 2 rings (SSSR count). The van der Waals surface area contributed by atoms with Crippen molar-refractivity contribution in [2.45, 2.75) is 33.4 Å². The van der Waals surface area contributed by atoms with Gasteiger partial charge < -0.3 is 14.2 Å². The Bertz CT molecular complexity index is 855. The number of esters is 1. The van der Waals surface area contributed by atoms with Gasteiger partial charge in [-0.15, -0.1) is 0 Å². The van der Waals surface area contributed by atoms with Crippen molar-refractivity contribution in [3.05, 3.63) is 39.8 Å². The Kier molecular flexibility index (Phi) is 5.02. The van der Waals surface area contributed by atoms with E-state index in [2.05, 4.69) is 4.98 Å². The number of ether oxygens (including phenoxy) is 1. The first kappa shape index (κ1) is 17.7. The van der Waals surface area contributed by atoms with E-state index in [-0.39, 0.29) is 17.0 Å². The predicted octanol–water partition coefficient (Wildman–Crippen LogP) is 1.36. The highest BCUT2D eigenvalue weighted by Gasteiger charge is 2.21. The van der Waals surface area contributed by atoms with Crippen LogP contribution in [0.2, 0.25) is 0 Å². The zero-order valence-corrected chi connectivity index (χ0v) is 14.5. The van der Waals surface area contributed by atoms with Crippen molar-refractivity contribution in [2.75, 3.05) is 14.1 Å². The second kappa shape index (κ2) is 6.82. The van der Waals surface area contributed by atoms with Crippen LogP contribution in [-0.2, 0) is 16.1 Å². The fraction of sp³-hybridized carbons (Fsp3) is 0.412. The molecule has 0 aliphatic rings. The number of aromatic nitrogens is 2. The third kappa shape index (κ3) is 3.29. The molecule has 7 nitrogen and oxygen atoms in total. The topological polar surface area (TPSA) is 81.5 Å². The number of nitrogens with zero attached hydrogens (tertiary/aromatic N) is 3. The number of hydrogen-bond acceptors (Lipinski definition) is 5. The van der Waals surface area contributed by atoms with E-state index in [0.29, 0.717) is 23.3 Å². The van der Waals surface area contributed by atoms with Crippen molar-refractivity contribution < 1.29 is 14.3 Å². The largest absolute Gasteiger partial charge is 0.449 e. The van der Waals surface area contributed by atoms with Gasteiger partial charge in [-0.25, -0.2) is 9.78 Å². The minimum atomic E-state index is -0.873. The van der Waals surface area contributed by atoms with Crippen LogP contribution in [0, 0.1) is 6.92 Å². The van der Waals surface area contributed by atoms with E-state index in [4.69, 9.17) is 4.74 Å². The Labute approximate surface area is 139 Å². The Hall–Kier alpha value is -2.70. The Morgan fingerprint density at radius 3 is 2.58 bits per heavy atom. The van der Waals surface area contributed by atoms with E-state index >= 15 is 0 Å². The molecule has 7 heteroatoms. The molecule has 0 N–H and O–H groups in total. The highest BCUT2D eigenvalue weighted by atomic mass is 16.5. The molecule has 24 heavy (non-hydrogen) atoms. The molecule has 1 aromatic carbocycles. The van der Waals surface area contributed by atoms with Gasteiger partial charge in [-0.3, -0.25) is 9.59 Å². The SMILES string of the molecule is CCn1c(=O)c(C)nc2cc(C(=O)O[C@@H](C)C(=O)N(C)C)ccc21. The molecule has 0 radical (unpaired) electrons. The summed E-state index contributed by atoms with van der Waals surface area (Å²) in [6, 6.07) is 4.81. The first-order valence-corrected chi connectivity index (χ1v) is 7.69. The van der Waals surface area contributed by atoms with Crippen molar-refractivity contribution in [1.29, 1.82) is 0 Å². The molecule has 1 heterocycles. The molecule has 0 fully saturated rings. The number of aryl methyl sites for hydroxylation is 2. The van der Waals surface area contributed by atoms with E-state index < -0.39 is 12.1 Å². The summed E-state index contributed by atoms with van der Waals surface area (Å²) in [6.07, 6.45) is -0.873. The highest BCUT2D eigenvalue weighted by Crippen LogP contribution is 2.15. The van der Waals surface area contributed by atoms with E-state index in [9.17, 15) is 14.4 Å². The quantitative estimate of drug-likeness (QED) is 0.790. The van der Waals surface area contributed by atoms with E-state index in [1.165, 1.54) is 11.8 Å². The van der Waals surface area contributed by atoms with Gasteiger partial charge in [0.25, 0.3) is 11.5 Å². The summed E-state index contributed by atoms with van der Waals surface area (Å²) in [6.45, 7) is 5.54. The number of rotatable bonds is 4. The van der Waals surface area contributed by atoms with Crippen LogP contribution < -0.4 is 5.56 Å². The summed E-state index contributed by atoms with van der Waals surface area (Å²) in [5.41, 5.74) is 1.70. The molecule has 0 unspecified atom stereocenters. The zero-order chi connectivity index (χ0) is 18.0. The molecule has 0 aliphatic carbocycles. The third-order valence-corrected chi connectivity index (χ3v) is 3.73. The van der Waals surface area contributed by atoms with Gasteiger partial charge in [0, 0.05) is 20.6 Å².